The van der Waals surface area contributed by atoms with Crippen LogP contribution in [0.1, 0.15) is 42.7 Å². The molecule has 0 radical (unpaired) electrons. The molecule has 14 heteroatoms. The van der Waals surface area contributed by atoms with Crippen LogP contribution >= 0.6 is 0 Å². The van der Waals surface area contributed by atoms with Crippen LogP contribution in [0.2, 0.25) is 0 Å². The number of nitrogens with zero attached hydrogens (tertiary/aromatic N) is 6. The van der Waals surface area contributed by atoms with Crippen LogP contribution in [-0.4, -0.2) is 50.3 Å². The number of benzene rings is 4. The van der Waals surface area contributed by atoms with E-state index in [0.717, 1.165) is 19.3 Å². The highest BCUT2D eigenvalue weighted by atomic mass is 16.3. The molecule has 2 aliphatic rings. The minimum absolute atomic E-state index is 0.00346. The molecule has 2 heterocycles. The maximum Gasteiger partial charge on any atom is 0.232 e. The minimum atomic E-state index is -0.00346. The highest BCUT2D eigenvalue weighted by Gasteiger charge is 2.50. The molecule has 2 unspecified atom stereocenters. The third-order valence-electron chi connectivity index (χ3n) is 9.28. The van der Waals surface area contributed by atoms with Crippen LogP contribution in [0.3, 0.4) is 0 Å². The lowest BCUT2D eigenvalue weighted by Crippen LogP contribution is -2.23. The van der Waals surface area contributed by atoms with E-state index in [0.29, 0.717) is 64.1 Å². The van der Waals surface area contributed by atoms with Crippen molar-refractivity contribution >= 4 is 46.5 Å². The summed E-state index contributed by atoms with van der Waals surface area (Å²) in [7, 11) is 0. The van der Waals surface area contributed by atoms with Gasteiger partial charge in [-0.15, -0.1) is 0 Å². The van der Waals surface area contributed by atoms with Crippen LogP contribution in [0.25, 0.3) is 0 Å². The van der Waals surface area contributed by atoms with Gasteiger partial charge in [0.15, 0.2) is 0 Å². The fourth-order valence-electron chi connectivity index (χ4n) is 6.98. The summed E-state index contributed by atoms with van der Waals surface area (Å²) in [5, 5.41) is 52.1. The van der Waals surface area contributed by atoms with Crippen LogP contribution in [-0.2, 0) is 0 Å². The Morgan fingerprint density at radius 3 is 0.902 bits per heavy atom. The predicted octanol–water partition coefficient (Wildman–Crippen LogP) is 7.15. The lowest BCUT2D eigenvalue weighted by molar-refractivity contribution is 0.347. The highest BCUT2D eigenvalue weighted by molar-refractivity contribution is 5.60. The summed E-state index contributed by atoms with van der Waals surface area (Å²) in [5.74, 6) is 3.87. The van der Waals surface area contributed by atoms with E-state index in [1.165, 1.54) is 0 Å². The first-order chi connectivity index (χ1) is 24.8. The monoisotopic (exact) mass is 682 g/mol. The summed E-state index contributed by atoms with van der Waals surface area (Å²) in [4.78, 5) is 28.9. The summed E-state index contributed by atoms with van der Waals surface area (Å²) in [5.41, 5.74) is 2.83. The normalized spacial score (nSPS) is 19.1. The highest BCUT2D eigenvalue weighted by Crippen LogP contribution is 2.58. The first kappa shape index (κ1) is 31.6. The Kier molecular flexibility index (Phi) is 8.24. The van der Waals surface area contributed by atoms with Crippen LogP contribution < -0.4 is 21.3 Å². The number of phenols is 4. The molecular weight excluding hydrogens is 648 g/mol. The van der Waals surface area contributed by atoms with Crippen LogP contribution in [0.15, 0.2) is 97.1 Å². The van der Waals surface area contributed by atoms with Gasteiger partial charge in [-0.05, 0) is 128 Å². The number of phenolic OH excluding ortho intramolecular Hbond substituents is 4. The SMILES string of the molecule is Oc1ccc(Nc2nc(Nc3ccc(O)cc3)nc(C3CC4CC(c5nc(Nc6ccc(O)cc6)nc(Nc6ccc(O)cc6)n5)C3C4)n2)cc1. The molecule has 2 fully saturated rings. The molecule has 8 rings (SSSR count). The molecule has 51 heavy (non-hydrogen) atoms. The van der Waals surface area contributed by atoms with Gasteiger partial charge in [0.2, 0.25) is 23.8 Å². The second kappa shape index (κ2) is 13.3. The molecule has 14 nitrogen and oxygen atoms in total. The van der Waals surface area contributed by atoms with Crippen molar-refractivity contribution in [2.45, 2.75) is 31.1 Å². The van der Waals surface area contributed by atoms with E-state index in [9.17, 15) is 20.4 Å². The van der Waals surface area contributed by atoms with E-state index < -0.39 is 0 Å². The number of aromatic hydroxyl groups is 4. The van der Waals surface area contributed by atoms with Crippen molar-refractivity contribution in [1.29, 1.82) is 0 Å². The van der Waals surface area contributed by atoms with Gasteiger partial charge in [-0.2, -0.15) is 29.9 Å². The lowest BCUT2D eigenvalue weighted by Gasteiger charge is -2.28. The first-order valence-corrected chi connectivity index (χ1v) is 16.6. The minimum Gasteiger partial charge on any atom is -0.508 e. The third kappa shape index (κ3) is 7.20. The van der Waals surface area contributed by atoms with Crippen LogP contribution in [0, 0.1) is 11.8 Å². The van der Waals surface area contributed by atoms with Crippen molar-refractivity contribution in [1.82, 2.24) is 29.9 Å². The number of anilines is 8. The average Bonchev–Trinajstić information content (AvgIpc) is 3.74. The lowest BCUT2D eigenvalue weighted by atomic mass is 9.79. The molecule has 0 aliphatic heterocycles. The van der Waals surface area contributed by atoms with Crippen molar-refractivity contribution in [2.24, 2.45) is 11.8 Å². The van der Waals surface area contributed by atoms with Gasteiger partial charge in [-0.3, -0.25) is 0 Å². The number of hydrogen-bond donors (Lipinski definition) is 8. The Balaban J connectivity index is 1.12. The average molecular weight is 683 g/mol. The van der Waals surface area contributed by atoms with Crippen molar-refractivity contribution in [3.8, 4) is 23.0 Å². The standard InChI is InChI=1S/C37H34N10O4/c48-25-9-1-21(2-10-25)38-34-42-32(43-35(46-34)39-22-3-11-26(49)12-4-22)30-18-20-17-29(30)31(19-20)33-44-36(40-23-5-13-27(50)14-6-23)47-37(45-33)41-24-7-15-28(51)16-8-24/h1-16,20,29-31,48-51H,17-19H2,(H2,38,39,42,43,46)(H2,40,41,44,45,47). The summed E-state index contributed by atoms with van der Waals surface area (Å²) in [6, 6.07) is 26.7. The van der Waals surface area contributed by atoms with Gasteiger partial charge < -0.3 is 41.7 Å². The zero-order valence-corrected chi connectivity index (χ0v) is 27.1. The number of aromatic nitrogens is 6. The molecule has 4 aromatic carbocycles. The van der Waals surface area contributed by atoms with Gasteiger partial charge in [0.05, 0.1) is 0 Å². The second-order valence-corrected chi connectivity index (χ2v) is 12.8. The van der Waals surface area contributed by atoms with Gasteiger partial charge in [-0.1, -0.05) is 0 Å². The smallest absolute Gasteiger partial charge is 0.232 e. The number of fused-ring (bicyclic) bond motifs is 2. The van der Waals surface area contributed by atoms with Gasteiger partial charge >= 0.3 is 0 Å². The molecule has 256 valence electrons. The Hall–Kier alpha value is -6.70. The quantitative estimate of drug-likeness (QED) is 0.0676. The Bertz CT molecular complexity index is 1870. The molecule has 0 saturated heterocycles. The molecule has 2 saturated carbocycles. The fourth-order valence-corrected chi connectivity index (χ4v) is 6.98. The topological polar surface area (TPSA) is 206 Å². The van der Waals surface area contributed by atoms with Gasteiger partial charge in [0.1, 0.15) is 34.6 Å². The Morgan fingerprint density at radius 1 is 0.373 bits per heavy atom. The number of rotatable bonds is 10. The summed E-state index contributed by atoms with van der Waals surface area (Å²) >= 11 is 0. The summed E-state index contributed by atoms with van der Waals surface area (Å²) in [6.07, 6.45) is 2.78. The summed E-state index contributed by atoms with van der Waals surface area (Å²) in [6.45, 7) is 0. The molecule has 2 aromatic heterocycles. The molecule has 2 bridgehead atoms. The first-order valence-electron chi connectivity index (χ1n) is 16.6. The maximum absolute atomic E-state index is 9.78. The third-order valence-corrected chi connectivity index (χ3v) is 9.28. The van der Waals surface area contributed by atoms with E-state index in [2.05, 4.69) is 31.2 Å². The van der Waals surface area contributed by atoms with E-state index in [1.807, 2.05) is 0 Å². The maximum atomic E-state index is 9.78. The zero-order chi connectivity index (χ0) is 34.9. The Morgan fingerprint density at radius 2 is 0.647 bits per heavy atom. The van der Waals surface area contributed by atoms with Gasteiger partial charge in [0, 0.05) is 34.6 Å². The van der Waals surface area contributed by atoms with Crippen LogP contribution in [0.5, 0.6) is 23.0 Å². The molecule has 6 aromatic rings. The van der Waals surface area contributed by atoms with E-state index in [-0.39, 0.29) is 40.8 Å². The number of hydrogen-bond acceptors (Lipinski definition) is 14. The van der Waals surface area contributed by atoms with Crippen LogP contribution in [0.4, 0.5) is 46.5 Å². The Labute approximate surface area is 292 Å². The predicted molar refractivity (Wildman–Crippen MR) is 192 cm³/mol. The van der Waals surface area contributed by atoms with Crippen molar-refractivity contribution in [2.75, 3.05) is 21.3 Å². The second-order valence-electron chi connectivity index (χ2n) is 12.8. The molecule has 0 amide bonds. The van der Waals surface area contributed by atoms with E-state index in [1.54, 1.807) is 97.1 Å². The summed E-state index contributed by atoms with van der Waals surface area (Å²) < 4.78 is 0. The van der Waals surface area contributed by atoms with Gasteiger partial charge in [-0.25, -0.2) is 0 Å². The molecular formula is C37H34N10O4. The van der Waals surface area contributed by atoms with Crippen molar-refractivity contribution in [3.63, 3.8) is 0 Å². The van der Waals surface area contributed by atoms with Gasteiger partial charge in [0.25, 0.3) is 0 Å². The fraction of sp³-hybridized carbons (Fsp3) is 0.189. The van der Waals surface area contributed by atoms with Crippen molar-refractivity contribution < 1.29 is 20.4 Å². The number of nitrogens with one attached hydrogen (secondary N) is 4. The molecule has 2 aliphatic carbocycles. The zero-order valence-electron chi connectivity index (χ0n) is 27.1. The molecule has 0 spiro atoms. The van der Waals surface area contributed by atoms with Crippen molar-refractivity contribution in [3.05, 3.63) is 109 Å². The van der Waals surface area contributed by atoms with E-state index in [4.69, 9.17) is 19.9 Å². The van der Waals surface area contributed by atoms with E-state index >= 15 is 0 Å². The molecule has 2 atom stereocenters. The largest absolute Gasteiger partial charge is 0.508 e. The molecule has 8 N–H and O–H groups in total.